The van der Waals surface area contributed by atoms with E-state index in [1.165, 1.54) is 0 Å². The molecule has 0 rings (SSSR count). The standard InChI is InChI=1S/2C4H10S/c2*1-4(2,3)5/h2*5H,1-3H3. The van der Waals surface area contributed by atoms with Crippen LogP contribution in [0, 0.1) is 0 Å². The van der Waals surface area contributed by atoms with E-state index in [4.69, 9.17) is 0 Å². The maximum absolute atomic E-state index is 4.12. The van der Waals surface area contributed by atoms with Crippen LogP contribution in [0.15, 0.2) is 0 Å². The van der Waals surface area contributed by atoms with E-state index in [1.54, 1.807) is 0 Å². The highest BCUT2D eigenvalue weighted by Crippen LogP contribution is 2.07. The van der Waals surface area contributed by atoms with Gasteiger partial charge in [0, 0.05) is 9.49 Å². The molecule has 0 saturated carbocycles. The van der Waals surface area contributed by atoms with Crippen LogP contribution in [0.3, 0.4) is 0 Å². The van der Waals surface area contributed by atoms with Crippen LogP contribution in [-0.2, 0) is 0 Å². The molecule has 0 nitrogen and oxygen atoms in total. The number of hydrogen-bond acceptors (Lipinski definition) is 2. The van der Waals surface area contributed by atoms with Gasteiger partial charge in [-0.25, -0.2) is 0 Å². The molecule has 0 heterocycles. The molecule has 64 valence electrons. The molecule has 0 atom stereocenters. The molecular weight excluding hydrogens is 160 g/mol. The summed E-state index contributed by atoms with van der Waals surface area (Å²) in [6, 6.07) is 0. The molecule has 0 N–H and O–H groups in total. The first kappa shape index (κ1) is 13.3. The third-order valence-electron chi connectivity index (χ3n) is 0. The van der Waals surface area contributed by atoms with E-state index in [0.717, 1.165) is 0 Å². The molecule has 0 aromatic heterocycles. The predicted molar refractivity (Wildman–Crippen MR) is 57.5 cm³/mol. The van der Waals surface area contributed by atoms with Crippen LogP contribution in [0.2, 0.25) is 0 Å². The Balaban J connectivity index is 0. The zero-order valence-corrected chi connectivity index (χ0v) is 9.68. The highest BCUT2D eigenvalue weighted by atomic mass is 32.1. The molecule has 2 heteroatoms. The van der Waals surface area contributed by atoms with Gasteiger partial charge in [-0.2, -0.15) is 25.3 Å². The highest BCUT2D eigenvalue weighted by molar-refractivity contribution is 7.81. The highest BCUT2D eigenvalue weighted by Gasteiger charge is 1.97. The zero-order chi connectivity index (χ0) is 9.00. The van der Waals surface area contributed by atoms with Crippen LogP contribution in [0.25, 0.3) is 0 Å². The average molecular weight is 180 g/mol. The second kappa shape index (κ2) is 4.55. The van der Waals surface area contributed by atoms with Gasteiger partial charge in [0.25, 0.3) is 0 Å². The molecule has 0 radical (unpaired) electrons. The van der Waals surface area contributed by atoms with Gasteiger partial charge in [-0.15, -0.1) is 0 Å². The predicted octanol–water partition coefficient (Wildman–Crippen LogP) is 3.43. The van der Waals surface area contributed by atoms with E-state index in [-0.39, 0.29) is 9.49 Å². The molecule has 0 fully saturated rings. The molecule has 0 aliphatic rings. The Bertz CT molecular complexity index is 50.2. The van der Waals surface area contributed by atoms with Gasteiger partial charge in [-0.05, 0) is 0 Å². The fourth-order valence-electron chi connectivity index (χ4n) is 0. The first-order chi connectivity index (χ1) is 4.00. The van der Waals surface area contributed by atoms with E-state index >= 15 is 0 Å². The van der Waals surface area contributed by atoms with E-state index in [9.17, 15) is 0 Å². The minimum Gasteiger partial charge on any atom is -0.173 e. The molecule has 10 heavy (non-hydrogen) atoms. The normalized spacial score (nSPS) is 12.0. The fraction of sp³-hybridized carbons (Fsp3) is 1.00. The lowest BCUT2D eigenvalue weighted by atomic mass is 10.3. The summed E-state index contributed by atoms with van der Waals surface area (Å²) in [6.07, 6.45) is 0. The summed E-state index contributed by atoms with van der Waals surface area (Å²) in [5.41, 5.74) is 0. The Hall–Kier alpha value is 0.700. The van der Waals surface area contributed by atoms with E-state index in [1.807, 2.05) is 0 Å². The van der Waals surface area contributed by atoms with E-state index in [0.29, 0.717) is 0 Å². The van der Waals surface area contributed by atoms with Crippen molar-refractivity contribution in [3.63, 3.8) is 0 Å². The van der Waals surface area contributed by atoms with Crippen molar-refractivity contribution in [2.24, 2.45) is 0 Å². The van der Waals surface area contributed by atoms with Gasteiger partial charge in [-0.3, -0.25) is 0 Å². The van der Waals surface area contributed by atoms with Crippen LogP contribution < -0.4 is 0 Å². The van der Waals surface area contributed by atoms with Gasteiger partial charge in [0.15, 0.2) is 0 Å². The topological polar surface area (TPSA) is 0 Å². The monoisotopic (exact) mass is 180 g/mol. The molecule has 0 aromatic carbocycles. The molecule has 0 amide bonds. The lowest BCUT2D eigenvalue weighted by Crippen LogP contribution is -1.99. The largest absolute Gasteiger partial charge is 0.173 e. The summed E-state index contributed by atoms with van der Waals surface area (Å²) in [7, 11) is 0. The van der Waals surface area contributed by atoms with Crippen molar-refractivity contribution in [3.05, 3.63) is 0 Å². The van der Waals surface area contributed by atoms with Crippen molar-refractivity contribution in [1.29, 1.82) is 0 Å². The average Bonchev–Trinajstić information content (AvgIpc) is 1.12. The Morgan fingerprint density at radius 2 is 0.600 bits per heavy atom. The SMILES string of the molecule is CC(C)(C)S.CC(C)(C)S. The maximum atomic E-state index is 4.12. The van der Waals surface area contributed by atoms with Crippen molar-refractivity contribution >= 4 is 25.3 Å². The van der Waals surface area contributed by atoms with E-state index < -0.39 is 0 Å². The number of thiol groups is 2. The summed E-state index contributed by atoms with van der Waals surface area (Å²) >= 11 is 8.25. The third kappa shape index (κ3) is 1050. The first-order valence-electron chi connectivity index (χ1n) is 3.45. The van der Waals surface area contributed by atoms with Crippen LogP contribution in [0.4, 0.5) is 0 Å². The van der Waals surface area contributed by atoms with Crippen molar-refractivity contribution in [3.8, 4) is 0 Å². The molecule has 0 aliphatic heterocycles. The summed E-state index contributed by atoms with van der Waals surface area (Å²) < 4.78 is 0.389. The summed E-state index contributed by atoms with van der Waals surface area (Å²) in [5, 5.41) is 0. The molecule has 0 bridgehead atoms. The van der Waals surface area contributed by atoms with Gasteiger partial charge in [0.05, 0.1) is 0 Å². The summed E-state index contributed by atoms with van der Waals surface area (Å²) in [4.78, 5) is 0. The number of rotatable bonds is 0. The Morgan fingerprint density at radius 1 is 0.600 bits per heavy atom. The molecular formula is C8H20S2. The van der Waals surface area contributed by atoms with Crippen LogP contribution in [-0.4, -0.2) is 9.49 Å². The lowest BCUT2D eigenvalue weighted by molar-refractivity contribution is 0.812. The lowest BCUT2D eigenvalue weighted by Gasteiger charge is -2.04. The van der Waals surface area contributed by atoms with Crippen molar-refractivity contribution in [2.45, 2.75) is 51.0 Å². The smallest absolute Gasteiger partial charge is 0.00449 e. The quantitative estimate of drug-likeness (QED) is 0.524. The van der Waals surface area contributed by atoms with E-state index in [2.05, 4.69) is 66.8 Å². The van der Waals surface area contributed by atoms with Crippen molar-refractivity contribution in [1.82, 2.24) is 0 Å². The summed E-state index contributed by atoms with van der Waals surface area (Å²) in [6.45, 7) is 12.3. The second-order valence-corrected chi connectivity index (χ2v) is 7.02. The minimum atomic E-state index is 0.194. The molecule has 0 spiro atoms. The zero-order valence-electron chi connectivity index (χ0n) is 7.89. The molecule has 0 saturated heterocycles. The van der Waals surface area contributed by atoms with Gasteiger partial charge >= 0.3 is 0 Å². The van der Waals surface area contributed by atoms with Crippen molar-refractivity contribution in [2.75, 3.05) is 0 Å². The Kier molecular flexibility index (Phi) is 6.05. The van der Waals surface area contributed by atoms with Crippen LogP contribution >= 0.6 is 25.3 Å². The molecule has 0 aromatic rings. The molecule has 0 unspecified atom stereocenters. The maximum Gasteiger partial charge on any atom is 0.00449 e. The van der Waals surface area contributed by atoms with Gasteiger partial charge in [0.2, 0.25) is 0 Å². The number of hydrogen-bond donors (Lipinski definition) is 2. The van der Waals surface area contributed by atoms with Crippen LogP contribution in [0.5, 0.6) is 0 Å². The fourth-order valence-corrected chi connectivity index (χ4v) is 0. The van der Waals surface area contributed by atoms with Crippen LogP contribution in [0.1, 0.15) is 41.5 Å². The van der Waals surface area contributed by atoms with Gasteiger partial charge in [0.1, 0.15) is 0 Å². The van der Waals surface area contributed by atoms with Gasteiger partial charge in [-0.1, -0.05) is 41.5 Å². The van der Waals surface area contributed by atoms with Gasteiger partial charge < -0.3 is 0 Å². The second-order valence-electron chi connectivity index (χ2n) is 4.34. The third-order valence-corrected chi connectivity index (χ3v) is 0. The Morgan fingerprint density at radius 3 is 0.600 bits per heavy atom. The summed E-state index contributed by atoms with van der Waals surface area (Å²) in [5.74, 6) is 0. The Labute approximate surface area is 76.6 Å². The molecule has 0 aliphatic carbocycles. The first-order valence-corrected chi connectivity index (χ1v) is 4.34. The minimum absolute atomic E-state index is 0.194. The van der Waals surface area contributed by atoms with Crippen molar-refractivity contribution < 1.29 is 0 Å².